The number of ether oxygens (including phenoxy) is 8. The lowest BCUT2D eigenvalue weighted by molar-refractivity contribution is -0.282. The zero-order valence-electron chi connectivity index (χ0n) is 28.8. The maximum atomic E-state index is 13.2. The van der Waals surface area contributed by atoms with E-state index >= 15 is 0 Å². The molecule has 0 saturated carbocycles. The number of fused-ring (bicyclic) bond motifs is 3. The van der Waals surface area contributed by atoms with Crippen LogP contribution in [0.4, 0.5) is 0 Å². The van der Waals surface area contributed by atoms with E-state index in [4.69, 9.17) is 37.9 Å². The second kappa shape index (κ2) is 16.3. The first-order valence-electron chi connectivity index (χ1n) is 15.4. The van der Waals surface area contributed by atoms with E-state index in [0.717, 1.165) is 27.9 Å². The van der Waals surface area contributed by atoms with E-state index in [2.05, 4.69) is 5.32 Å². The molecule has 6 atom stereocenters. The molecule has 1 amide bonds. The van der Waals surface area contributed by atoms with E-state index in [1.807, 2.05) is 0 Å². The van der Waals surface area contributed by atoms with Gasteiger partial charge in [-0.1, -0.05) is 6.07 Å². The van der Waals surface area contributed by atoms with Crippen molar-refractivity contribution in [2.24, 2.45) is 0 Å². The van der Waals surface area contributed by atoms with Gasteiger partial charge in [-0.2, -0.15) is 0 Å². The molecule has 0 spiro atoms. The minimum absolute atomic E-state index is 0.00975. The lowest BCUT2D eigenvalue weighted by Gasteiger charge is -2.43. The van der Waals surface area contributed by atoms with Crippen LogP contribution in [-0.2, 0) is 54.1 Å². The van der Waals surface area contributed by atoms with E-state index in [9.17, 15) is 28.8 Å². The molecule has 1 aliphatic carbocycles. The summed E-state index contributed by atoms with van der Waals surface area (Å²) in [7, 11) is 3.86. The van der Waals surface area contributed by atoms with Crippen molar-refractivity contribution >= 4 is 41.5 Å². The Morgan fingerprint density at radius 2 is 1.46 bits per heavy atom. The van der Waals surface area contributed by atoms with Gasteiger partial charge in [-0.15, -0.1) is 11.8 Å². The molecule has 6 unspecified atom stereocenters. The summed E-state index contributed by atoms with van der Waals surface area (Å²) >= 11 is 1.29. The van der Waals surface area contributed by atoms with Gasteiger partial charge in [0.05, 0.1) is 32.3 Å². The van der Waals surface area contributed by atoms with Gasteiger partial charge in [0, 0.05) is 33.3 Å². The van der Waals surface area contributed by atoms with Crippen molar-refractivity contribution in [1.29, 1.82) is 0 Å². The van der Waals surface area contributed by atoms with Crippen LogP contribution < -0.4 is 25.0 Å². The second-order valence-corrected chi connectivity index (χ2v) is 12.2. The van der Waals surface area contributed by atoms with Crippen molar-refractivity contribution < 1.29 is 61.9 Å². The van der Waals surface area contributed by atoms with Gasteiger partial charge >= 0.3 is 23.9 Å². The number of aryl methyl sites for hydroxylation is 1. The molecule has 1 aliphatic heterocycles. The summed E-state index contributed by atoms with van der Waals surface area (Å²) in [5.41, 5.74) is 2.19. The summed E-state index contributed by atoms with van der Waals surface area (Å²) in [6.45, 7) is 4.64. The fraction of sp³-hybridized carbons (Fsp3) is 0.471. The summed E-state index contributed by atoms with van der Waals surface area (Å²) in [6.07, 6.45) is -5.55. The van der Waals surface area contributed by atoms with Gasteiger partial charge in [0.25, 0.3) is 0 Å². The SMILES string of the molecule is COC(=O)C1OC(Oc2cc3c(c(OC)c2OC)-c2ccc(SC)c(=O)cc2C(NC(C)=O)CC3)C(OC(C)=O)C(OC(C)=O)C1OC(C)=O. The third kappa shape index (κ3) is 8.13. The Labute approximate surface area is 292 Å². The lowest BCUT2D eigenvalue weighted by atomic mass is 9.95. The lowest BCUT2D eigenvalue weighted by Crippen LogP contribution is -2.64. The summed E-state index contributed by atoms with van der Waals surface area (Å²) < 4.78 is 45.2. The summed E-state index contributed by atoms with van der Waals surface area (Å²) in [5, 5.41) is 2.94. The Morgan fingerprint density at radius 3 is 2.02 bits per heavy atom. The molecule has 2 aliphatic rings. The monoisotopic (exact) mass is 717 g/mol. The van der Waals surface area contributed by atoms with Crippen molar-refractivity contribution in [3.63, 3.8) is 0 Å². The Morgan fingerprint density at radius 1 is 0.840 bits per heavy atom. The standard InChI is InChI=1S/C34H39NO14S/c1-15(36)35-22-11-9-19-13-24(27(42-5)28(43-6)26(19)20-10-12-25(50-8)23(40)14-21(20)22)48-34-32(47-18(4)39)30(46-17(3)38)29(45-16(2)37)31(49-34)33(41)44-7/h10,12-14,22,29-32,34H,9,11H2,1-8H3,(H,35,36). The van der Waals surface area contributed by atoms with Gasteiger partial charge in [0.15, 0.2) is 35.2 Å². The molecule has 1 heterocycles. The highest BCUT2D eigenvalue weighted by Crippen LogP contribution is 2.51. The molecule has 50 heavy (non-hydrogen) atoms. The average molecular weight is 718 g/mol. The van der Waals surface area contributed by atoms with Gasteiger partial charge in [-0.05, 0) is 54.0 Å². The van der Waals surface area contributed by atoms with Crippen LogP contribution in [0.25, 0.3) is 11.1 Å². The predicted molar refractivity (Wildman–Crippen MR) is 176 cm³/mol. The molecule has 2 aromatic carbocycles. The van der Waals surface area contributed by atoms with Gasteiger partial charge in [-0.25, -0.2) is 4.79 Å². The van der Waals surface area contributed by atoms with Crippen molar-refractivity contribution in [3.8, 4) is 28.4 Å². The van der Waals surface area contributed by atoms with Crippen LogP contribution in [0.1, 0.15) is 51.3 Å². The molecule has 0 bridgehead atoms. The number of thioether (sulfide) groups is 1. The van der Waals surface area contributed by atoms with E-state index < -0.39 is 60.6 Å². The Balaban J connectivity index is 1.94. The first kappa shape index (κ1) is 38.0. The number of rotatable bonds is 10. The van der Waals surface area contributed by atoms with Crippen LogP contribution in [0.15, 0.2) is 34.0 Å². The highest BCUT2D eigenvalue weighted by molar-refractivity contribution is 7.98. The van der Waals surface area contributed by atoms with Crippen molar-refractivity contribution in [2.75, 3.05) is 27.6 Å². The molecule has 15 nitrogen and oxygen atoms in total. The maximum Gasteiger partial charge on any atom is 0.339 e. The minimum atomic E-state index is -1.68. The van der Waals surface area contributed by atoms with E-state index in [1.54, 1.807) is 24.5 Å². The summed E-state index contributed by atoms with van der Waals surface area (Å²) in [4.78, 5) is 75.6. The first-order valence-corrected chi connectivity index (χ1v) is 16.7. The Hall–Kier alpha value is -4.83. The topological polar surface area (TPSA) is 188 Å². The normalized spacial score (nSPS) is 22.3. The number of benzene rings is 1. The van der Waals surface area contributed by atoms with Crippen LogP contribution in [-0.4, -0.2) is 88.1 Å². The van der Waals surface area contributed by atoms with Crippen LogP contribution >= 0.6 is 11.8 Å². The molecule has 16 heteroatoms. The third-order valence-electron chi connectivity index (χ3n) is 7.96. The van der Waals surface area contributed by atoms with E-state index in [1.165, 1.54) is 39.0 Å². The highest BCUT2D eigenvalue weighted by atomic mass is 32.2. The number of hydrogen-bond donors (Lipinski definition) is 1. The molecule has 0 aromatic heterocycles. The van der Waals surface area contributed by atoms with Crippen molar-refractivity contribution in [2.45, 2.75) is 82.2 Å². The van der Waals surface area contributed by atoms with Crippen molar-refractivity contribution in [3.05, 3.63) is 45.6 Å². The molecule has 0 radical (unpaired) electrons. The molecule has 1 N–H and O–H groups in total. The largest absolute Gasteiger partial charge is 0.492 e. The predicted octanol–water partition coefficient (Wildman–Crippen LogP) is 2.65. The number of carbonyl (C=O) groups is 5. The molecule has 270 valence electrons. The minimum Gasteiger partial charge on any atom is -0.492 e. The number of amides is 1. The molecule has 1 saturated heterocycles. The third-order valence-corrected chi connectivity index (χ3v) is 8.73. The fourth-order valence-corrected chi connectivity index (χ4v) is 6.56. The average Bonchev–Trinajstić information content (AvgIpc) is 3.29. The van der Waals surface area contributed by atoms with Gasteiger partial charge in [0.2, 0.25) is 24.1 Å². The number of hydrogen-bond acceptors (Lipinski definition) is 15. The van der Waals surface area contributed by atoms with Gasteiger partial charge < -0.3 is 43.2 Å². The maximum absolute atomic E-state index is 13.2. The van der Waals surface area contributed by atoms with Crippen molar-refractivity contribution in [1.82, 2.24) is 5.32 Å². The number of esters is 4. The first-order chi connectivity index (χ1) is 23.7. The molecular weight excluding hydrogens is 678 g/mol. The Kier molecular flexibility index (Phi) is 12.3. The van der Waals surface area contributed by atoms with Crippen LogP contribution in [0.5, 0.6) is 17.2 Å². The zero-order valence-corrected chi connectivity index (χ0v) is 29.6. The van der Waals surface area contributed by atoms with Crippen LogP contribution in [0, 0.1) is 0 Å². The molecule has 4 rings (SSSR count). The highest BCUT2D eigenvalue weighted by Gasteiger charge is 2.56. The van der Waals surface area contributed by atoms with Crippen LogP contribution in [0.3, 0.4) is 0 Å². The number of nitrogens with one attached hydrogen (secondary N) is 1. The summed E-state index contributed by atoms with van der Waals surface area (Å²) in [5.74, 6) is -3.53. The summed E-state index contributed by atoms with van der Waals surface area (Å²) in [6, 6.07) is 6.09. The fourth-order valence-electron chi connectivity index (χ4n) is 6.10. The molecule has 1 fully saturated rings. The van der Waals surface area contributed by atoms with Gasteiger partial charge in [0.1, 0.15) is 0 Å². The van der Waals surface area contributed by atoms with Crippen LogP contribution in [0.2, 0.25) is 0 Å². The van der Waals surface area contributed by atoms with E-state index in [-0.39, 0.29) is 28.6 Å². The molecule has 2 aromatic rings. The Bertz CT molecular complexity index is 1730. The van der Waals surface area contributed by atoms with E-state index in [0.29, 0.717) is 40.0 Å². The number of carbonyl (C=O) groups excluding carboxylic acids is 5. The smallest absolute Gasteiger partial charge is 0.339 e. The second-order valence-electron chi connectivity index (χ2n) is 11.3. The number of methoxy groups -OCH3 is 3. The molecular formula is C34H39NO14S. The van der Waals surface area contributed by atoms with Gasteiger partial charge in [-0.3, -0.25) is 24.0 Å². The quantitative estimate of drug-likeness (QED) is 0.214. The zero-order chi connectivity index (χ0) is 36.9.